The Labute approximate surface area is 160 Å². The number of nitrogens with zero attached hydrogens (tertiary/aromatic N) is 1. The first-order chi connectivity index (χ1) is 12.9. The first-order valence-electron chi connectivity index (χ1n) is 7.99. The second kappa shape index (κ2) is 9.62. The molecule has 0 aliphatic rings. The summed E-state index contributed by atoms with van der Waals surface area (Å²) in [5.41, 5.74) is -0.0420. The summed E-state index contributed by atoms with van der Waals surface area (Å²) in [6, 6.07) is 7.69. The van der Waals surface area contributed by atoms with Gasteiger partial charge in [0.05, 0.1) is 11.5 Å². The Bertz CT molecular complexity index is 804. The Hall–Kier alpha value is -3.01. The number of nitro groups is 1. The molecule has 0 spiro atoms. The van der Waals surface area contributed by atoms with E-state index in [0.717, 1.165) is 0 Å². The van der Waals surface area contributed by atoms with Crippen molar-refractivity contribution < 1.29 is 28.4 Å². The zero-order valence-electron chi connectivity index (χ0n) is 14.4. The van der Waals surface area contributed by atoms with E-state index in [9.17, 15) is 19.7 Å². The molecule has 1 aromatic heterocycles. The molecule has 0 aliphatic carbocycles. The van der Waals surface area contributed by atoms with Crippen LogP contribution in [0.3, 0.4) is 0 Å². The summed E-state index contributed by atoms with van der Waals surface area (Å²) >= 11 is 4.03. The predicted molar refractivity (Wildman–Crippen MR) is 97.9 cm³/mol. The number of carbonyl (C=O) groups excluding carboxylic acids is 2. The summed E-state index contributed by atoms with van der Waals surface area (Å²) in [6.45, 7) is 1.89. The van der Waals surface area contributed by atoms with Crippen LogP contribution in [0.5, 0.6) is 5.75 Å². The van der Waals surface area contributed by atoms with Crippen molar-refractivity contribution in [2.75, 3.05) is 12.4 Å². The van der Waals surface area contributed by atoms with Gasteiger partial charge in [0.2, 0.25) is 0 Å². The number of thiol groups is 1. The highest BCUT2D eigenvalue weighted by Gasteiger charge is 2.22. The molecule has 1 atom stereocenters. The number of nitro benzene ring substituents is 1. The lowest BCUT2D eigenvalue weighted by Crippen LogP contribution is -2.43. The maximum absolute atomic E-state index is 12.2. The van der Waals surface area contributed by atoms with Crippen molar-refractivity contribution in [3.8, 4) is 5.75 Å². The van der Waals surface area contributed by atoms with Gasteiger partial charge < -0.3 is 19.2 Å². The maximum Gasteiger partial charge on any atom is 0.329 e. The van der Waals surface area contributed by atoms with Gasteiger partial charge in [-0.1, -0.05) is 0 Å². The highest BCUT2D eigenvalue weighted by Crippen LogP contribution is 2.19. The number of ether oxygens (including phenoxy) is 2. The molecule has 10 heteroatoms. The summed E-state index contributed by atoms with van der Waals surface area (Å²) in [4.78, 5) is 34.0. The Balaban J connectivity index is 1.92. The molecule has 0 unspecified atom stereocenters. The van der Waals surface area contributed by atoms with Crippen LogP contribution in [0.2, 0.25) is 0 Å². The summed E-state index contributed by atoms with van der Waals surface area (Å²) < 4.78 is 15.7. The molecular weight excluding hydrogens is 376 g/mol. The van der Waals surface area contributed by atoms with Gasteiger partial charge in [-0.2, -0.15) is 12.6 Å². The molecule has 2 rings (SSSR count). The lowest BCUT2D eigenvalue weighted by molar-refractivity contribution is -0.384. The van der Waals surface area contributed by atoms with E-state index < -0.39 is 22.8 Å². The van der Waals surface area contributed by atoms with Gasteiger partial charge in [0.1, 0.15) is 24.2 Å². The number of hydrogen-bond acceptors (Lipinski definition) is 8. The molecule has 0 radical (unpaired) electrons. The van der Waals surface area contributed by atoms with Crippen molar-refractivity contribution in [2.45, 2.75) is 19.6 Å². The average molecular weight is 394 g/mol. The lowest BCUT2D eigenvalue weighted by Gasteiger charge is -2.13. The van der Waals surface area contributed by atoms with Crippen LogP contribution in [-0.4, -0.2) is 35.2 Å². The number of carbonyl (C=O) groups is 2. The van der Waals surface area contributed by atoms with Crippen LogP contribution >= 0.6 is 12.6 Å². The quantitative estimate of drug-likeness (QED) is 0.290. The van der Waals surface area contributed by atoms with Crippen LogP contribution in [0.15, 0.2) is 40.8 Å². The zero-order valence-corrected chi connectivity index (χ0v) is 15.3. The Morgan fingerprint density at radius 2 is 1.96 bits per heavy atom. The monoisotopic (exact) mass is 394 g/mol. The van der Waals surface area contributed by atoms with Crippen molar-refractivity contribution in [3.05, 3.63) is 58.0 Å². The molecule has 0 fully saturated rings. The van der Waals surface area contributed by atoms with Gasteiger partial charge in [0.25, 0.3) is 11.6 Å². The molecule has 0 saturated carbocycles. The van der Waals surface area contributed by atoms with Crippen LogP contribution in [-0.2, 0) is 16.1 Å². The highest BCUT2D eigenvalue weighted by atomic mass is 32.1. The number of rotatable bonds is 9. The van der Waals surface area contributed by atoms with Crippen molar-refractivity contribution in [1.82, 2.24) is 5.32 Å². The number of nitrogens with one attached hydrogen (secondary N) is 1. The standard InChI is InChI=1S/C17H18N2O7S/c1-2-24-17(21)14(10-27)18-16(20)15-8-7-13(26-15)9-25-12-5-3-11(4-6-12)19(22)23/h3-8,14,27H,2,9-10H2,1H3,(H,18,20)/t14-/m0/s1. The molecule has 0 bridgehead atoms. The molecule has 1 heterocycles. The van der Waals surface area contributed by atoms with Gasteiger partial charge in [0, 0.05) is 17.9 Å². The second-order valence-corrected chi connectivity index (χ2v) is 5.63. The van der Waals surface area contributed by atoms with E-state index in [4.69, 9.17) is 13.9 Å². The largest absolute Gasteiger partial charge is 0.486 e. The third kappa shape index (κ3) is 5.74. The van der Waals surface area contributed by atoms with E-state index in [2.05, 4.69) is 17.9 Å². The number of hydrogen-bond donors (Lipinski definition) is 2. The van der Waals surface area contributed by atoms with Gasteiger partial charge in [0.15, 0.2) is 5.76 Å². The van der Waals surface area contributed by atoms with Crippen molar-refractivity contribution in [2.24, 2.45) is 0 Å². The number of benzene rings is 1. The van der Waals surface area contributed by atoms with Gasteiger partial charge in [-0.15, -0.1) is 0 Å². The molecule has 27 heavy (non-hydrogen) atoms. The fourth-order valence-electron chi connectivity index (χ4n) is 2.05. The van der Waals surface area contributed by atoms with Gasteiger partial charge in [-0.3, -0.25) is 14.9 Å². The maximum atomic E-state index is 12.2. The third-order valence-corrected chi connectivity index (χ3v) is 3.74. The minimum Gasteiger partial charge on any atom is -0.486 e. The van der Waals surface area contributed by atoms with Gasteiger partial charge >= 0.3 is 5.97 Å². The van der Waals surface area contributed by atoms with Gasteiger partial charge in [-0.25, -0.2) is 4.79 Å². The van der Waals surface area contributed by atoms with Crippen LogP contribution < -0.4 is 10.1 Å². The van der Waals surface area contributed by atoms with Crippen molar-refractivity contribution in [1.29, 1.82) is 0 Å². The van der Waals surface area contributed by atoms with E-state index in [1.165, 1.54) is 30.3 Å². The minimum absolute atomic E-state index is 0.00776. The minimum atomic E-state index is -0.884. The molecule has 2 aromatic rings. The summed E-state index contributed by atoms with van der Waals surface area (Å²) in [5.74, 6) is -0.273. The van der Waals surface area contributed by atoms with E-state index in [-0.39, 0.29) is 30.4 Å². The Morgan fingerprint density at radius 1 is 1.26 bits per heavy atom. The predicted octanol–water partition coefficient (Wildman–Crippen LogP) is 2.36. The molecule has 144 valence electrons. The highest BCUT2D eigenvalue weighted by molar-refractivity contribution is 7.80. The smallest absolute Gasteiger partial charge is 0.329 e. The second-order valence-electron chi connectivity index (χ2n) is 5.27. The van der Waals surface area contributed by atoms with E-state index in [0.29, 0.717) is 11.5 Å². The normalized spacial score (nSPS) is 11.5. The molecule has 0 saturated heterocycles. The molecule has 9 nitrogen and oxygen atoms in total. The zero-order chi connectivity index (χ0) is 19.8. The van der Waals surface area contributed by atoms with Crippen molar-refractivity contribution >= 4 is 30.2 Å². The first kappa shape index (κ1) is 20.3. The molecular formula is C17H18N2O7S. The van der Waals surface area contributed by atoms with E-state index in [1.54, 1.807) is 13.0 Å². The number of esters is 1. The topological polar surface area (TPSA) is 121 Å². The average Bonchev–Trinajstić information content (AvgIpc) is 3.14. The Kier molecular flexibility index (Phi) is 7.24. The fourth-order valence-corrected chi connectivity index (χ4v) is 2.29. The Morgan fingerprint density at radius 3 is 2.56 bits per heavy atom. The number of amides is 1. The van der Waals surface area contributed by atoms with Crippen LogP contribution in [0.4, 0.5) is 5.69 Å². The fraction of sp³-hybridized carbons (Fsp3) is 0.294. The van der Waals surface area contributed by atoms with E-state index >= 15 is 0 Å². The van der Waals surface area contributed by atoms with Gasteiger partial charge in [-0.05, 0) is 31.2 Å². The van der Waals surface area contributed by atoms with Crippen LogP contribution in [0.25, 0.3) is 0 Å². The molecule has 0 aliphatic heterocycles. The molecule has 1 aromatic carbocycles. The van der Waals surface area contributed by atoms with E-state index in [1.807, 2.05) is 0 Å². The SMILES string of the molecule is CCOC(=O)[C@H](CS)NC(=O)c1ccc(COc2ccc([N+](=O)[O-])cc2)o1. The summed E-state index contributed by atoms with van der Waals surface area (Å²) in [5, 5.41) is 13.1. The lowest BCUT2D eigenvalue weighted by atomic mass is 10.3. The third-order valence-electron chi connectivity index (χ3n) is 3.37. The first-order valence-corrected chi connectivity index (χ1v) is 8.62. The molecule has 1 amide bonds. The van der Waals surface area contributed by atoms with Crippen LogP contribution in [0, 0.1) is 10.1 Å². The number of non-ortho nitro benzene ring substituents is 1. The molecule has 1 N–H and O–H groups in total. The van der Waals surface area contributed by atoms with Crippen LogP contribution in [0.1, 0.15) is 23.2 Å². The summed E-state index contributed by atoms with van der Waals surface area (Å²) in [6.07, 6.45) is 0. The summed E-state index contributed by atoms with van der Waals surface area (Å²) in [7, 11) is 0. The number of furan rings is 1. The van der Waals surface area contributed by atoms with Crippen molar-refractivity contribution in [3.63, 3.8) is 0 Å².